The molecule has 7 nitrogen and oxygen atoms in total. The normalized spacial score (nSPS) is 14.9. The molecule has 0 aliphatic carbocycles. The monoisotopic (exact) mass is 333 g/mol. The number of anilines is 2. The number of rotatable bonds is 6. The summed E-state index contributed by atoms with van der Waals surface area (Å²) in [7, 11) is 0. The maximum absolute atomic E-state index is 12.2. The van der Waals surface area contributed by atoms with Crippen molar-refractivity contribution in [1.29, 1.82) is 0 Å². The van der Waals surface area contributed by atoms with Gasteiger partial charge in [0.25, 0.3) is 0 Å². The van der Waals surface area contributed by atoms with Crippen molar-refractivity contribution < 1.29 is 19.5 Å². The van der Waals surface area contributed by atoms with Gasteiger partial charge in [-0.15, -0.1) is 0 Å². The van der Waals surface area contributed by atoms with Gasteiger partial charge in [-0.05, 0) is 30.0 Å². The Hall–Kier alpha value is -2.57. The first kappa shape index (κ1) is 17.8. The van der Waals surface area contributed by atoms with Crippen molar-refractivity contribution in [3.8, 4) is 0 Å². The van der Waals surface area contributed by atoms with Crippen molar-refractivity contribution in [3.05, 3.63) is 24.3 Å². The van der Waals surface area contributed by atoms with E-state index in [-0.39, 0.29) is 24.8 Å². The summed E-state index contributed by atoms with van der Waals surface area (Å²) in [6.07, 6.45) is 0.897. The highest BCUT2D eigenvalue weighted by Crippen LogP contribution is 2.26. The SMILES string of the molecule is CC(C)(CC(=O)O)CC(=O)Nc1cccc(N2CCCNC2=O)c1. The smallest absolute Gasteiger partial charge is 0.321 e. The lowest BCUT2D eigenvalue weighted by Gasteiger charge is -2.28. The minimum atomic E-state index is -0.925. The van der Waals surface area contributed by atoms with Gasteiger partial charge in [-0.1, -0.05) is 19.9 Å². The quantitative estimate of drug-likeness (QED) is 0.744. The maximum Gasteiger partial charge on any atom is 0.321 e. The average Bonchev–Trinajstić information content (AvgIpc) is 2.45. The first-order valence-corrected chi connectivity index (χ1v) is 7.94. The molecular formula is C17H23N3O4. The van der Waals surface area contributed by atoms with Gasteiger partial charge in [0.1, 0.15) is 0 Å². The number of hydrogen-bond donors (Lipinski definition) is 3. The number of carboxylic acids is 1. The Labute approximate surface area is 141 Å². The lowest BCUT2D eigenvalue weighted by atomic mass is 9.85. The highest BCUT2D eigenvalue weighted by atomic mass is 16.4. The number of benzene rings is 1. The second kappa shape index (κ2) is 7.33. The van der Waals surface area contributed by atoms with E-state index in [1.807, 2.05) is 6.07 Å². The summed E-state index contributed by atoms with van der Waals surface area (Å²) in [5.74, 6) is -1.17. The molecule has 1 aromatic carbocycles. The van der Waals surface area contributed by atoms with Gasteiger partial charge in [-0.2, -0.15) is 0 Å². The molecule has 1 heterocycles. The Bertz CT molecular complexity index is 642. The molecule has 0 radical (unpaired) electrons. The second-order valence-corrected chi connectivity index (χ2v) is 6.75. The third kappa shape index (κ3) is 4.97. The van der Waals surface area contributed by atoms with Crippen LogP contribution in [0.5, 0.6) is 0 Å². The summed E-state index contributed by atoms with van der Waals surface area (Å²) in [5.41, 5.74) is 0.678. The maximum atomic E-state index is 12.2. The summed E-state index contributed by atoms with van der Waals surface area (Å²) in [6.45, 7) is 4.80. The Morgan fingerprint density at radius 3 is 2.75 bits per heavy atom. The highest BCUT2D eigenvalue weighted by molar-refractivity contribution is 5.95. The van der Waals surface area contributed by atoms with Gasteiger partial charge in [0.05, 0.1) is 6.42 Å². The van der Waals surface area contributed by atoms with E-state index < -0.39 is 11.4 Å². The number of hydrogen-bond acceptors (Lipinski definition) is 3. The first-order chi connectivity index (χ1) is 11.3. The number of carboxylic acid groups (broad SMARTS) is 1. The zero-order valence-corrected chi connectivity index (χ0v) is 14.0. The largest absolute Gasteiger partial charge is 0.481 e. The van der Waals surface area contributed by atoms with Crippen LogP contribution in [0.3, 0.4) is 0 Å². The molecule has 7 heteroatoms. The number of nitrogens with one attached hydrogen (secondary N) is 2. The standard InChI is InChI=1S/C17H23N3O4/c1-17(2,11-15(22)23)10-14(21)19-12-5-3-6-13(9-12)20-8-4-7-18-16(20)24/h3,5-6,9H,4,7-8,10-11H2,1-2H3,(H,18,24)(H,19,21)(H,22,23). The van der Waals surface area contributed by atoms with E-state index in [9.17, 15) is 14.4 Å². The third-order valence-corrected chi connectivity index (χ3v) is 3.79. The van der Waals surface area contributed by atoms with Gasteiger partial charge in [-0.25, -0.2) is 4.79 Å². The molecule has 3 amide bonds. The highest BCUT2D eigenvalue weighted by Gasteiger charge is 2.25. The lowest BCUT2D eigenvalue weighted by molar-refractivity contribution is -0.139. The molecule has 0 aromatic heterocycles. The van der Waals surface area contributed by atoms with Crippen LogP contribution < -0.4 is 15.5 Å². The van der Waals surface area contributed by atoms with Gasteiger partial charge < -0.3 is 15.7 Å². The molecule has 0 bridgehead atoms. The molecule has 0 unspecified atom stereocenters. The van der Waals surface area contributed by atoms with E-state index in [4.69, 9.17) is 5.11 Å². The van der Waals surface area contributed by atoms with Crippen LogP contribution in [0.4, 0.5) is 16.2 Å². The van der Waals surface area contributed by atoms with Crippen molar-refractivity contribution in [1.82, 2.24) is 5.32 Å². The summed E-state index contributed by atoms with van der Waals surface area (Å²) >= 11 is 0. The van der Waals surface area contributed by atoms with Crippen LogP contribution >= 0.6 is 0 Å². The van der Waals surface area contributed by atoms with Crippen molar-refractivity contribution >= 4 is 29.3 Å². The minimum absolute atomic E-state index is 0.0750. The number of carbonyl (C=O) groups is 3. The zero-order chi connectivity index (χ0) is 17.7. The molecule has 0 saturated carbocycles. The van der Waals surface area contributed by atoms with Crippen LogP contribution in [0.2, 0.25) is 0 Å². The van der Waals surface area contributed by atoms with E-state index in [1.165, 1.54) is 0 Å². The Morgan fingerprint density at radius 2 is 2.08 bits per heavy atom. The fraction of sp³-hybridized carbons (Fsp3) is 0.471. The van der Waals surface area contributed by atoms with Crippen LogP contribution in [0.25, 0.3) is 0 Å². The molecule has 3 N–H and O–H groups in total. The van der Waals surface area contributed by atoms with Crippen molar-refractivity contribution in [2.24, 2.45) is 5.41 Å². The average molecular weight is 333 g/mol. The number of nitrogens with zero attached hydrogens (tertiary/aromatic N) is 1. The topological polar surface area (TPSA) is 98.7 Å². The number of carbonyl (C=O) groups excluding carboxylic acids is 2. The summed E-state index contributed by atoms with van der Waals surface area (Å²) in [5, 5.41) is 14.4. The Kier molecular flexibility index (Phi) is 5.43. The Morgan fingerprint density at radius 1 is 1.33 bits per heavy atom. The van der Waals surface area contributed by atoms with Crippen molar-refractivity contribution in [2.45, 2.75) is 33.1 Å². The van der Waals surface area contributed by atoms with E-state index >= 15 is 0 Å². The predicted octanol–water partition coefficient (Wildman–Crippen LogP) is 2.44. The fourth-order valence-electron chi connectivity index (χ4n) is 2.74. The predicted molar refractivity (Wildman–Crippen MR) is 91.1 cm³/mol. The first-order valence-electron chi connectivity index (χ1n) is 7.94. The van der Waals surface area contributed by atoms with Crippen LogP contribution in [-0.2, 0) is 9.59 Å². The molecule has 1 saturated heterocycles. The van der Waals surface area contributed by atoms with Crippen LogP contribution in [-0.4, -0.2) is 36.1 Å². The number of aliphatic carboxylic acids is 1. The van der Waals surface area contributed by atoms with Crippen molar-refractivity contribution in [2.75, 3.05) is 23.3 Å². The number of amides is 3. The molecule has 24 heavy (non-hydrogen) atoms. The van der Waals surface area contributed by atoms with E-state index in [1.54, 1.807) is 36.9 Å². The summed E-state index contributed by atoms with van der Waals surface area (Å²) in [4.78, 5) is 36.5. The van der Waals surface area contributed by atoms with E-state index in [0.717, 1.165) is 12.1 Å². The minimum Gasteiger partial charge on any atom is -0.481 e. The van der Waals surface area contributed by atoms with Crippen LogP contribution in [0.15, 0.2) is 24.3 Å². The van der Waals surface area contributed by atoms with Gasteiger partial charge >= 0.3 is 12.0 Å². The number of urea groups is 1. The van der Waals surface area contributed by atoms with Crippen molar-refractivity contribution in [3.63, 3.8) is 0 Å². The van der Waals surface area contributed by atoms with E-state index in [2.05, 4.69) is 10.6 Å². The third-order valence-electron chi connectivity index (χ3n) is 3.79. The molecule has 0 spiro atoms. The van der Waals surface area contributed by atoms with Gasteiger partial charge in [0, 0.05) is 30.9 Å². The molecule has 1 aliphatic heterocycles. The summed E-state index contributed by atoms with van der Waals surface area (Å²) in [6, 6.07) is 6.93. The van der Waals surface area contributed by atoms with Gasteiger partial charge in [-0.3, -0.25) is 14.5 Å². The summed E-state index contributed by atoms with van der Waals surface area (Å²) < 4.78 is 0. The van der Waals surface area contributed by atoms with E-state index in [0.29, 0.717) is 18.8 Å². The molecule has 1 aromatic rings. The molecule has 0 atom stereocenters. The fourth-order valence-corrected chi connectivity index (χ4v) is 2.74. The molecule has 1 aliphatic rings. The van der Waals surface area contributed by atoms with Gasteiger partial charge in [0.2, 0.25) is 5.91 Å². The molecular weight excluding hydrogens is 310 g/mol. The van der Waals surface area contributed by atoms with Gasteiger partial charge in [0.15, 0.2) is 0 Å². The Balaban J connectivity index is 2.02. The van der Waals surface area contributed by atoms with Crippen LogP contribution in [0, 0.1) is 5.41 Å². The van der Waals surface area contributed by atoms with Crippen LogP contribution in [0.1, 0.15) is 33.1 Å². The molecule has 2 rings (SSSR count). The molecule has 1 fully saturated rings. The second-order valence-electron chi connectivity index (χ2n) is 6.75. The molecule has 130 valence electrons. The zero-order valence-electron chi connectivity index (χ0n) is 14.0. The lowest BCUT2D eigenvalue weighted by Crippen LogP contribution is -2.46.